The van der Waals surface area contributed by atoms with Crippen molar-refractivity contribution in [2.24, 2.45) is 0 Å². The first-order valence-electron chi connectivity index (χ1n) is 5.83. The largest absolute Gasteiger partial charge is 0.377 e. The molecule has 0 aromatic rings. The third kappa shape index (κ3) is 2.69. The molecule has 2 saturated heterocycles. The Morgan fingerprint density at radius 1 is 1.47 bits per heavy atom. The lowest BCUT2D eigenvalue weighted by atomic mass is 9.90. The summed E-state index contributed by atoms with van der Waals surface area (Å²) in [4.78, 5) is 0. The van der Waals surface area contributed by atoms with Gasteiger partial charge in [-0.1, -0.05) is 0 Å². The van der Waals surface area contributed by atoms with E-state index in [1.54, 1.807) is 0 Å². The molecule has 4 nitrogen and oxygen atoms in total. The molecular formula is C11H19N3O. The van der Waals surface area contributed by atoms with Crippen molar-refractivity contribution in [1.82, 2.24) is 10.6 Å². The molecule has 1 atom stereocenters. The molecule has 84 valence electrons. The van der Waals surface area contributed by atoms with Gasteiger partial charge >= 0.3 is 0 Å². The van der Waals surface area contributed by atoms with Gasteiger partial charge < -0.3 is 10.1 Å². The fraction of sp³-hybridized carbons (Fsp3) is 0.909. The molecule has 2 aliphatic rings. The zero-order valence-corrected chi connectivity index (χ0v) is 9.09. The van der Waals surface area contributed by atoms with E-state index in [1.165, 1.54) is 0 Å². The standard InChI is InChI=1S/C11H19N3O/c12-9-11(3-5-13-6-4-11)14-8-10-2-1-7-15-10/h10,13-14H,1-8H2. The first-order valence-corrected chi connectivity index (χ1v) is 5.83. The van der Waals surface area contributed by atoms with E-state index in [-0.39, 0.29) is 5.54 Å². The smallest absolute Gasteiger partial charge is 0.109 e. The summed E-state index contributed by atoms with van der Waals surface area (Å²) in [7, 11) is 0. The number of rotatable bonds is 3. The molecule has 0 saturated carbocycles. The van der Waals surface area contributed by atoms with Gasteiger partial charge in [0.2, 0.25) is 0 Å². The lowest BCUT2D eigenvalue weighted by Gasteiger charge is -2.33. The number of piperidine rings is 1. The van der Waals surface area contributed by atoms with Crippen LogP contribution >= 0.6 is 0 Å². The van der Waals surface area contributed by atoms with Crippen LogP contribution in [-0.4, -0.2) is 37.9 Å². The summed E-state index contributed by atoms with van der Waals surface area (Å²) in [6.07, 6.45) is 4.41. The van der Waals surface area contributed by atoms with Crippen LogP contribution in [0.4, 0.5) is 0 Å². The van der Waals surface area contributed by atoms with E-state index in [9.17, 15) is 5.26 Å². The minimum absolute atomic E-state index is 0.308. The summed E-state index contributed by atoms with van der Waals surface area (Å²) in [5.74, 6) is 0. The van der Waals surface area contributed by atoms with E-state index in [0.717, 1.165) is 51.9 Å². The van der Waals surface area contributed by atoms with E-state index in [4.69, 9.17) is 4.74 Å². The zero-order valence-electron chi connectivity index (χ0n) is 9.09. The second-order valence-corrected chi connectivity index (χ2v) is 4.46. The van der Waals surface area contributed by atoms with Crippen molar-refractivity contribution >= 4 is 0 Å². The van der Waals surface area contributed by atoms with Crippen LogP contribution in [0.25, 0.3) is 0 Å². The minimum Gasteiger partial charge on any atom is -0.377 e. The molecule has 1 unspecified atom stereocenters. The van der Waals surface area contributed by atoms with Crippen molar-refractivity contribution in [3.05, 3.63) is 0 Å². The number of nitrogens with one attached hydrogen (secondary N) is 2. The number of nitriles is 1. The van der Waals surface area contributed by atoms with Crippen LogP contribution in [0, 0.1) is 11.3 Å². The first-order chi connectivity index (χ1) is 7.35. The van der Waals surface area contributed by atoms with Crippen LogP contribution in [0.2, 0.25) is 0 Å². The Morgan fingerprint density at radius 3 is 2.87 bits per heavy atom. The monoisotopic (exact) mass is 209 g/mol. The summed E-state index contributed by atoms with van der Waals surface area (Å²) in [5.41, 5.74) is -0.308. The van der Waals surface area contributed by atoms with Crippen LogP contribution in [-0.2, 0) is 4.74 Å². The highest BCUT2D eigenvalue weighted by Gasteiger charge is 2.32. The highest BCUT2D eigenvalue weighted by Crippen LogP contribution is 2.18. The minimum atomic E-state index is -0.308. The molecule has 0 bridgehead atoms. The third-order valence-electron chi connectivity index (χ3n) is 3.36. The number of hydrogen-bond donors (Lipinski definition) is 2. The summed E-state index contributed by atoms with van der Waals surface area (Å²) in [6.45, 7) is 3.58. The lowest BCUT2D eigenvalue weighted by molar-refractivity contribution is 0.102. The Morgan fingerprint density at radius 2 is 2.27 bits per heavy atom. The summed E-state index contributed by atoms with van der Waals surface area (Å²) < 4.78 is 5.55. The van der Waals surface area contributed by atoms with Gasteiger partial charge in [0, 0.05) is 13.2 Å². The SMILES string of the molecule is N#CC1(NCC2CCCO2)CCNCC1. The second kappa shape index (κ2) is 4.93. The van der Waals surface area contributed by atoms with Gasteiger partial charge in [0.05, 0.1) is 12.2 Å². The van der Waals surface area contributed by atoms with Crippen LogP contribution in [0.5, 0.6) is 0 Å². The number of ether oxygens (including phenoxy) is 1. The van der Waals surface area contributed by atoms with Gasteiger partial charge in [-0.25, -0.2) is 0 Å². The first kappa shape index (κ1) is 10.9. The molecule has 0 radical (unpaired) electrons. The lowest BCUT2D eigenvalue weighted by Crippen LogP contribution is -2.53. The van der Waals surface area contributed by atoms with Gasteiger partial charge in [-0.2, -0.15) is 5.26 Å². The van der Waals surface area contributed by atoms with Crippen molar-refractivity contribution < 1.29 is 4.74 Å². The molecule has 2 aliphatic heterocycles. The summed E-state index contributed by atoms with van der Waals surface area (Å²) >= 11 is 0. The molecule has 0 aromatic heterocycles. The van der Waals surface area contributed by atoms with E-state index >= 15 is 0 Å². The molecule has 15 heavy (non-hydrogen) atoms. The topological polar surface area (TPSA) is 57.1 Å². The highest BCUT2D eigenvalue weighted by molar-refractivity contribution is 5.09. The molecule has 0 amide bonds. The van der Waals surface area contributed by atoms with E-state index in [1.807, 2.05) is 0 Å². The molecule has 2 heterocycles. The van der Waals surface area contributed by atoms with Crippen LogP contribution in [0.1, 0.15) is 25.7 Å². The highest BCUT2D eigenvalue weighted by atomic mass is 16.5. The average molecular weight is 209 g/mol. The van der Waals surface area contributed by atoms with Crippen molar-refractivity contribution in [2.75, 3.05) is 26.2 Å². The van der Waals surface area contributed by atoms with E-state index in [0.29, 0.717) is 6.10 Å². The van der Waals surface area contributed by atoms with E-state index in [2.05, 4.69) is 16.7 Å². The molecular weight excluding hydrogens is 190 g/mol. The van der Waals surface area contributed by atoms with Crippen LogP contribution < -0.4 is 10.6 Å². The van der Waals surface area contributed by atoms with Crippen molar-refractivity contribution in [2.45, 2.75) is 37.3 Å². The Balaban J connectivity index is 1.81. The fourth-order valence-electron chi connectivity index (χ4n) is 2.30. The van der Waals surface area contributed by atoms with Crippen LogP contribution in [0.3, 0.4) is 0 Å². The maximum Gasteiger partial charge on any atom is 0.109 e. The maximum absolute atomic E-state index is 9.23. The quantitative estimate of drug-likeness (QED) is 0.706. The molecule has 2 rings (SSSR count). The molecule has 0 spiro atoms. The van der Waals surface area contributed by atoms with Crippen molar-refractivity contribution in [3.8, 4) is 6.07 Å². The second-order valence-electron chi connectivity index (χ2n) is 4.46. The van der Waals surface area contributed by atoms with Gasteiger partial charge in [-0.05, 0) is 38.8 Å². The fourth-order valence-corrected chi connectivity index (χ4v) is 2.30. The third-order valence-corrected chi connectivity index (χ3v) is 3.36. The average Bonchev–Trinajstić information content (AvgIpc) is 2.81. The number of nitrogens with zero attached hydrogens (tertiary/aromatic N) is 1. The van der Waals surface area contributed by atoms with Crippen molar-refractivity contribution in [3.63, 3.8) is 0 Å². The Kier molecular flexibility index (Phi) is 3.57. The molecule has 4 heteroatoms. The molecule has 0 aromatic carbocycles. The van der Waals surface area contributed by atoms with Gasteiger partial charge in [-0.3, -0.25) is 5.32 Å². The predicted octanol–water partition coefficient (Wildman–Crippen LogP) is 0.401. The maximum atomic E-state index is 9.23. The Labute approximate surface area is 91.0 Å². The summed E-state index contributed by atoms with van der Waals surface area (Å²) in [6, 6.07) is 2.43. The van der Waals surface area contributed by atoms with Gasteiger partial charge in [0.15, 0.2) is 0 Å². The zero-order chi connectivity index (χ0) is 10.6. The van der Waals surface area contributed by atoms with Crippen LogP contribution in [0.15, 0.2) is 0 Å². The Hall–Kier alpha value is -0.630. The predicted molar refractivity (Wildman–Crippen MR) is 57.4 cm³/mol. The summed E-state index contributed by atoms with van der Waals surface area (Å²) in [5, 5.41) is 15.9. The molecule has 2 fully saturated rings. The molecule has 2 N–H and O–H groups in total. The number of hydrogen-bond acceptors (Lipinski definition) is 4. The van der Waals surface area contributed by atoms with E-state index < -0.39 is 0 Å². The Bertz CT molecular complexity index is 237. The van der Waals surface area contributed by atoms with Gasteiger partial charge in [-0.15, -0.1) is 0 Å². The molecule has 0 aliphatic carbocycles. The van der Waals surface area contributed by atoms with Crippen molar-refractivity contribution in [1.29, 1.82) is 5.26 Å². The van der Waals surface area contributed by atoms with Gasteiger partial charge in [0.25, 0.3) is 0 Å². The normalized spacial score (nSPS) is 29.9. The van der Waals surface area contributed by atoms with Gasteiger partial charge in [0.1, 0.15) is 5.54 Å².